The molecular formula is C21H23N5OS. The molecular weight excluding hydrogens is 370 g/mol. The molecule has 0 spiro atoms. The zero-order valence-electron chi connectivity index (χ0n) is 16.0. The molecule has 0 N–H and O–H groups in total. The minimum absolute atomic E-state index is 0.570. The van der Waals surface area contributed by atoms with Crippen LogP contribution in [0.15, 0.2) is 41.2 Å². The third-order valence-corrected chi connectivity index (χ3v) is 6.35. The first-order chi connectivity index (χ1) is 13.8. The van der Waals surface area contributed by atoms with Crippen molar-refractivity contribution in [2.75, 3.05) is 19.6 Å². The van der Waals surface area contributed by atoms with Gasteiger partial charge in [0.05, 0.1) is 22.2 Å². The molecule has 5 rings (SSSR count). The van der Waals surface area contributed by atoms with E-state index >= 15 is 0 Å². The van der Waals surface area contributed by atoms with E-state index in [2.05, 4.69) is 49.7 Å². The summed E-state index contributed by atoms with van der Waals surface area (Å²) in [4.78, 5) is 13.9. The molecule has 28 heavy (non-hydrogen) atoms. The van der Waals surface area contributed by atoms with Crippen molar-refractivity contribution in [1.82, 2.24) is 24.6 Å². The van der Waals surface area contributed by atoms with E-state index in [1.807, 2.05) is 18.5 Å². The van der Waals surface area contributed by atoms with E-state index < -0.39 is 0 Å². The third kappa shape index (κ3) is 3.47. The second-order valence-electron chi connectivity index (χ2n) is 7.38. The molecule has 1 aromatic carbocycles. The van der Waals surface area contributed by atoms with Gasteiger partial charge in [0.2, 0.25) is 5.82 Å². The van der Waals surface area contributed by atoms with Crippen LogP contribution in [0.3, 0.4) is 0 Å². The highest BCUT2D eigenvalue weighted by atomic mass is 32.1. The average Bonchev–Trinajstić information content (AvgIpc) is 3.46. The monoisotopic (exact) mass is 393 g/mol. The molecule has 1 fully saturated rings. The lowest BCUT2D eigenvalue weighted by atomic mass is 10.1. The van der Waals surface area contributed by atoms with Crippen LogP contribution in [0.5, 0.6) is 0 Å². The highest BCUT2D eigenvalue weighted by Crippen LogP contribution is 2.29. The van der Waals surface area contributed by atoms with Crippen LogP contribution in [0.4, 0.5) is 0 Å². The maximum absolute atomic E-state index is 5.46. The summed E-state index contributed by atoms with van der Waals surface area (Å²) < 4.78 is 7.70. The number of rotatable bonds is 5. The standard InChI is InChI=1S/C21H23N5OS/c1-15-5-8-19(28-15)21-23-20(24-27-21)16-6-7-18-17(13-16)22-14-26(18)12-11-25-9-3-2-4-10-25/h5-8,13-14H,2-4,9-12H2,1H3. The molecule has 4 aromatic rings. The van der Waals surface area contributed by atoms with Crippen molar-refractivity contribution in [2.24, 2.45) is 0 Å². The Hall–Kier alpha value is -2.51. The van der Waals surface area contributed by atoms with Gasteiger partial charge in [-0.05, 0) is 63.2 Å². The summed E-state index contributed by atoms with van der Waals surface area (Å²) >= 11 is 1.66. The number of nitrogens with zero attached hydrogens (tertiary/aromatic N) is 5. The second kappa shape index (κ2) is 7.48. The summed E-state index contributed by atoms with van der Waals surface area (Å²) in [5, 5.41) is 4.16. The van der Waals surface area contributed by atoms with Crippen molar-refractivity contribution in [3.05, 3.63) is 41.5 Å². The molecule has 144 valence electrons. The predicted octanol–water partition coefficient (Wildman–Crippen LogP) is 4.61. The van der Waals surface area contributed by atoms with Gasteiger partial charge < -0.3 is 14.0 Å². The number of hydrogen-bond acceptors (Lipinski definition) is 6. The van der Waals surface area contributed by atoms with Gasteiger partial charge >= 0.3 is 0 Å². The molecule has 1 aliphatic rings. The Morgan fingerprint density at radius 1 is 1.07 bits per heavy atom. The zero-order chi connectivity index (χ0) is 18.9. The first-order valence-corrected chi connectivity index (χ1v) is 10.7. The minimum atomic E-state index is 0.570. The lowest BCUT2D eigenvalue weighted by Gasteiger charge is -2.26. The topological polar surface area (TPSA) is 60.0 Å². The molecule has 0 atom stereocenters. The zero-order valence-corrected chi connectivity index (χ0v) is 16.8. The number of likely N-dealkylation sites (tertiary alicyclic amines) is 1. The molecule has 0 saturated carbocycles. The van der Waals surface area contributed by atoms with Gasteiger partial charge in [0, 0.05) is 23.5 Å². The number of piperidine rings is 1. The van der Waals surface area contributed by atoms with E-state index in [4.69, 9.17) is 4.52 Å². The summed E-state index contributed by atoms with van der Waals surface area (Å²) in [5.74, 6) is 1.17. The summed E-state index contributed by atoms with van der Waals surface area (Å²) in [7, 11) is 0. The highest BCUT2D eigenvalue weighted by Gasteiger charge is 2.14. The first kappa shape index (κ1) is 17.6. The van der Waals surface area contributed by atoms with E-state index in [-0.39, 0.29) is 0 Å². The average molecular weight is 394 g/mol. The van der Waals surface area contributed by atoms with Crippen LogP contribution in [-0.2, 0) is 6.54 Å². The number of hydrogen-bond donors (Lipinski definition) is 0. The largest absolute Gasteiger partial charge is 0.333 e. The maximum Gasteiger partial charge on any atom is 0.268 e. The molecule has 0 unspecified atom stereocenters. The molecule has 0 bridgehead atoms. The summed E-state index contributed by atoms with van der Waals surface area (Å²) in [6.45, 7) is 6.57. The first-order valence-electron chi connectivity index (χ1n) is 9.84. The number of aryl methyl sites for hydroxylation is 1. The Morgan fingerprint density at radius 2 is 1.96 bits per heavy atom. The van der Waals surface area contributed by atoms with Crippen LogP contribution in [0, 0.1) is 6.92 Å². The molecule has 3 aromatic heterocycles. The minimum Gasteiger partial charge on any atom is -0.333 e. The Balaban J connectivity index is 1.35. The summed E-state index contributed by atoms with van der Waals surface area (Å²) in [6.07, 6.45) is 5.96. The lowest BCUT2D eigenvalue weighted by Crippen LogP contribution is -2.32. The van der Waals surface area contributed by atoms with Crippen LogP contribution < -0.4 is 0 Å². The molecule has 1 aliphatic heterocycles. The van der Waals surface area contributed by atoms with E-state index in [1.54, 1.807) is 11.3 Å². The van der Waals surface area contributed by atoms with Crippen molar-refractivity contribution in [3.63, 3.8) is 0 Å². The molecule has 6 nitrogen and oxygen atoms in total. The van der Waals surface area contributed by atoms with E-state index in [0.717, 1.165) is 34.6 Å². The molecule has 0 radical (unpaired) electrons. The van der Waals surface area contributed by atoms with Crippen molar-refractivity contribution < 1.29 is 4.52 Å². The summed E-state index contributed by atoms with van der Waals surface area (Å²) in [5.41, 5.74) is 3.05. The van der Waals surface area contributed by atoms with Crippen molar-refractivity contribution in [1.29, 1.82) is 0 Å². The smallest absolute Gasteiger partial charge is 0.268 e. The number of imidazole rings is 1. The SMILES string of the molecule is Cc1ccc(-c2nc(-c3ccc4c(c3)ncn4CCN3CCCCC3)no2)s1. The van der Waals surface area contributed by atoms with Gasteiger partial charge in [0.25, 0.3) is 5.89 Å². The van der Waals surface area contributed by atoms with E-state index in [0.29, 0.717) is 11.7 Å². The predicted molar refractivity (Wildman–Crippen MR) is 111 cm³/mol. The fourth-order valence-corrected chi connectivity index (χ4v) is 4.59. The Labute approximate surface area is 167 Å². The number of benzene rings is 1. The van der Waals surface area contributed by atoms with Gasteiger partial charge in [0.15, 0.2) is 0 Å². The normalized spacial score (nSPS) is 15.5. The summed E-state index contributed by atoms with van der Waals surface area (Å²) in [6, 6.07) is 10.3. The lowest BCUT2D eigenvalue weighted by molar-refractivity contribution is 0.221. The molecule has 1 saturated heterocycles. The van der Waals surface area contributed by atoms with Crippen LogP contribution in [0.1, 0.15) is 24.1 Å². The van der Waals surface area contributed by atoms with E-state index in [1.165, 1.54) is 37.2 Å². The van der Waals surface area contributed by atoms with Gasteiger partial charge in [-0.25, -0.2) is 4.98 Å². The van der Waals surface area contributed by atoms with Crippen LogP contribution in [0.25, 0.3) is 33.2 Å². The third-order valence-electron chi connectivity index (χ3n) is 5.36. The molecule has 0 aliphatic carbocycles. The van der Waals surface area contributed by atoms with Gasteiger partial charge in [-0.15, -0.1) is 11.3 Å². The molecule has 4 heterocycles. The van der Waals surface area contributed by atoms with Crippen molar-refractivity contribution in [3.8, 4) is 22.2 Å². The number of fused-ring (bicyclic) bond motifs is 1. The van der Waals surface area contributed by atoms with Crippen molar-refractivity contribution >= 4 is 22.4 Å². The fraction of sp³-hybridized carbons (Fsp3) is 0.381. The van der Waals surface area contributed by atoms with Gasteiger partial charge in [-0.1, -0.05) is 11.6 Å². The van der Waals surface area contributed by atoms with E-state index in [9.17, 15) is 0 Å². The van der Waals surface area contributed by atoms with Gasteiger partial charge in [-0.3, -0.25) is 0 Å². The number of aromatic nitrogens is 4. The van der Waals surface area contributed by atoms with Crippen LogP contribution in [0.2, 0.25) is 0 Å². The Morgan fingerprint density at radius 3 is 2.79 bits per heavy atom. The Bertz CT molecular complexity index is 1090. The maximum atomic E-state index is 5.46. The van der Waals surface area contributed by atoms with Crippen molar-refractivity contribution in [2.45, 2.75) is 32.7 Å². The fourth-order valence-electron chi connectivity index (χ4n) is 3.80. The second-order valence-corrected chi connectivity index (χ2v) is 8.67. The quantitative estimate of drug-likeness (QED) is 0.496. The van der Waals surface area contributed by atoms with Gasteiger partial charge in [-0.2, -0.15) is 4.98 Å². The van der Waals surface area contributed by atoms with Crippen LogP contribution in [-0.4, -0.2) is 44.2 Å². The molecule has 7 heteroatoms. The Kier molecular flexibility index (Phi) is 4.70. The van der Waals surface area contributed by atoms with Gasteiger partial charge in [0.1, 0.15) is 0 Å². The highest BCUT2D eigenvalue weighted by molar-refractivity contribution is 7.15. The number of thiophene rings is 1. The van der Waals surface area contributed by atoms with Crippen LogP contribution >= 0.6 is 11.3 Å². The molecule has 0 amide bonds.